The molecule has 2 aliphatic heterocycles. The summed E-state index contributed by atoms with van der Waals surface area (Å²) in [7, 11) is 0. The van der Waals surface area contributed by atoms with Gasteiger partial charge in [0.1, 0.15) is 0 Å². The predicted molar refractivity (Wildman–Crippen MR) is 126 cm³/mol. The number of carbonyl (C=O) groups excluding carboxylic acids is 2. The minimum Gasteiger partial charge on any atom is -0.459 e. The van der Waals surface area contributed by atoms with E-state index < -0.39 is 0 Å². The van der Waals surface area contributed by atoms with E-state index >= 15 is 0 Å². The maximum atomic E-state index is 13.2. The van der Waals surface area contributed by atoms with Crippen molar-refractivity contribution in [1.29, 1.82) is 0 Å². The quantitative estimate of drug-likeness (QED) is 0.585. The van der Waals surface area contributed by atoms with Crippen molar-refractivity contribution < 1.29 is 14.0 Å². The van der Waals surface area contributed by atoms with Crippen LogP contribution in [0.2, 0.25) is 0 Å². The van der Waals surface area contributed by atoms with E-state index in [0.717, 1.165) is 24.2 Å². The largest absolute Gasteiger partial charge is 0.459 e. The van der Waals surface area contributed by atoms with E-state index in [9.17, 15) is 9.59 Å². The summed E-state index contributed by atoms with van der Waals surface area (Å²) in [5.74, 6) is -0.147. The van der Waals surface area contributed by atoms with Gasteiger partial charge in [-0.15, -0.1) is 0 Å². The summed E-state index contributed by atoms with van der Waals surface area (Å²) in [6.45, 7) is 7.96. The maximum Gasteiger partial charge on any atom is 0.294 e. The summed E-state index contributed by atoms with van der Waals surface area (Å²) in [4.78, 5) is 31.1. The third-order valence-corrected chi connectivity index (χ3v) is 6.13. The lowest BCUT2D eigenvalue weighted by Crippen LogP contribution is -2.43. The molecule has 0 radical (unpaired) electrons. The van der Waals surface area contributed by atoms with Crippen molar-refractivity contribution in [2.75, 3.05) is 34.3 Å². The Morgan fingerprint density at radius 1 is 0.938 bits per heavy atom. The van der Waals surface area contributed by atoms with Gasteiger partial charge < -0.3 is 9.32 Å². The summed E-state index contributed by atoms with van der Waals surface area (Å²) in [6.07, 6.45) is 3.96. The Balaban J connectivity index is 1.54. The fourth-order valence-corrected chi connectivity index (χ4v) is 4.56. The molecule has 0 bridgehead atoms. The highest BCUT2D eigenvalue weighted by Gasteiger charge is 2.33. The monoisotopic (exact) mass is 427 g/mol. The van der Waals surface area contributed by atoms with Gasteiger partial charge in [0, 0.05) is 31.4 Å². The first-order valence-electron chi connectivity index (χ1n) is 10.9. The Hall–Kier alpha value is -3.80. The average molecular weight is 428 g/mol. The van der Waals surface area contributed by atoms with Crippen molar-refractivity contribution in [2.24, 2.45) is 0 Å². The second-order valence-electron chi connectivity index (χ2n) is 8.23. The lowest BCUT2D eigenvalue weighted by molar-refractivity contribution is -0.116. The van der Waals surface area contributed by atoms with E-state index in [4.69, 9.17) is 4.42 Å². The first kappa shape index (κ1) is 20.1. The topological polar surface area (TPSA) is 57.0 Å². The van der Waals surface area contributed by atoms with Crippen molar-refractivity contribution in [3.63, 3.8) is 0 Å². The number of amides is 2. The van der Waals surface area contributed by atoms with Gasteiger partial charge in [0.05, 0.1) is 24.2 Å². The number of hydrogen-bond acceptors (Lipinski definition) is 4. The van der Waals surface area contributed by atoms with E-state index in [1.54, 1.807) is 21.9 Å². The molecule has 2 aliphatic rings. The molecule has 0 saturated carbocycles. The van der Waals surface area contributed by atoms with Gasteiger partial charge in [0.25, 0.3) is 5.91 Å². The summed E-state index contributed by atoms with van der Waals surface area (Å²) in [5.41, 5.74) is 5.12. The Morgan fingerprint density at radius 2 is 1.66 bits per heavy atom. The van der Waals surface area contributed by atoms with Crippen molar-refractivity contribution in [1.82, 2.24) is 0 Å². The molecule has 32 heavy (non-hydrogen) atoms. The van der Waals surface area contributed by atoms with Crippen LogP contribution in [0.4, 0.5) is 17.1 Å². The molecule has 0 spiro atoms. The molecule has 5 rings (SSSR count). The molecule has 1 aromatic heterocycles. The number of fused-ring (bicyclic) bond motifs is 1. The zero-order chi connectivity index (χ0) is 22.2. The lowest BCUT2D eigenvalue weighted by atomic mass is 10.0. The molecule has 0 unspecified atom stereocenters. The summed E-state index contributed by atoms with van der Waals surface area (Å²) in [6, 6.07) is 17.7. The van der Waals surface area contributed by atoms with Gasteiger partial charge >= 0.3 is 0 Å². The van der Waals surface area contributed by atoms with Crippen molar-refractivity contribution >= 4 is 28.9 Å². The fourth-order valence-electron chi connectivity index (χ4n) is 4.56. The number of anilines is 3. The van der Waals surface area contributed by atoms with Gasteiger partial charge in [-0.1, -0.05) is 24.8 Å². The van der Waals surface area contributed by atoms with Crippen LogP contribution in [-0.4, -0.2) is 31.4 Å². The van der Waals surface area contributed by atoms with E-state index in [2.05, 4.69) is 35.7 Å². The highest BCUT2D eigenvalue weighted by molar-refractivity contribution is 6.11. The summed E-state index contributed by atoms with van der Waals surface area (Å²) >= 11 is 0. The Morgan fingerprint density at radius 3 is 2.31 bits per heavy atom. The van der Waals surface area contributed by atoms with Gasteiger partial charge in [0.2, 0.25) is 5.91 Å². The van der Waals surface area contributed by atoms with Crippen LogP contribution >= 0.6 is 0 Å². The van der Waals surface area contributed by atoms with Crippen LogP contribution in [0.25, 0.3) is 11.1 Å². The van der Waals surface area contributed by atoms with Crippen LogP contribution < -0.4 is 14.7 Å². The lowest BCUT2D eigenvalue weighted by Gasteiger charge is -2.37. The zero-order valence-corrected chi connectivity index (χ0v) is 18.1. The van der Waals surface area contributed by atoms with Gasteiger partial charge in [-0.25, -0.2) is 0 Å². The molecule has 2 amide bonds. The van der Waals surface area contributed by atoms with Crippen LogP contribution in [-0.2, 0) is 4.79 Å². The number of rotatable bonds is 3. The summed E-state index contributed by atoms with van der Waals surface area (Å²) < 4.78 is 5.34. The Labute approximate surface area is 187 Å². The highest BCUT2D eigenvalue weighted by Crippen LogP contribution is 2.40. The molecule has 6 nitrogen and oxygen atoms in total. The second kappa shape index (κ2) is 8.04. The van der Waals surface area contributed by atoms with E-state index in [-0.39, 0.29) is 24.1 Å². The van der Waals surface area contributed by atoms with Gasteiger partial charge in [-0.05, 0) is 60.4 Å². The van der Waals surface area contributed by atoms with E-state index in [0.29, 0.717) is 17.1 Å². The average Bonchev–Trinajstić information content (AvgIpc) is 3.52. The second-order valence-corrected chi connectivity index (χ2v) is 8.23. The molecule has 162 valence electrons. The van der Waals surface area contributed by atoms with Gasteiger partial charge in [-0.3, -0.25) is 19.4 Å². The number of hydrogen-bond donors (Lipinski definition) is 0. The Bertz CT molecular complexity index is 1180. The number of benzene rings is 2. The minimum atomic E-state index is -0.262. The normalized spacial score (nSPS) is 15.8. The molecule has 0 atom stereocenters. The highest BCUT2D eigenvalue weighted by atomic mass is 16.3. The van der Waals surface area contributed by atoms with E-state index in [1.807, 2.05) is 18.2 Å². The van der Waals surface area contributed by atoms with Gasteiger partial charge in [-0.2, -0.15) is 0 Å². The molecule has 1 saturated heterocycles. The molecule has 6 heteroatoms. The minimum absolute atomic E-state index is 0.135. The number of carbonyl (C=O) groups is 2. The third kappa shape index (κ3) is 3.47. The first-order chi connectivity index (χ1) is 15.5. The molecule has 3 aromatic rings. The standard InChI is InChI=1S/C26H25N3O3/c1-18-17-28(26(31)25-6-5-15-32-25)24-16-21(9-12-23(24)29(18)19(2)30)20-7-10-22(11-8-20)27-13-3-4-14-27/h5-12,15-16H,1,3-4,13-14,17H2,2H3. The summed E-state index contributed by atoms with van der Waals surface area (Å²) in [5, 5.41) is 0. The smallest absolute Gasteiger partial charge is 0.294 e. The third-order valence-electron chi connectivity index (χ3n) is 6.13. The van der Waals surface area contributed by atoms with Crippen LogP contribution in [0, 0.1) is 0 Å². The Kier molecular flexibility index (Phi) is 5.05. The SMILES string of the molecule is C=C1CN(C(=O)c2ccco2)c2cc(-c3ccc(N4CCCC4)cc3)ccc2N1C(C)=O. The van der Waals surface area contributed by atoms with Crippen LogP contribution in [0.5, 0.6) is 0 Å². The van der Waals surface area contributed by atoms with Crippen molar-refractivity contribution in [2.45, 2.75) is 19.8 Å². The van der Waals surface area contributed by atoms with Crippen LogP contribution in [0.1, 0.15) is 30.3 Å². The molecular weight excluding hydrogens is 402 g/mol. The van der Waals surface area contributed by atoms with Crippen LogP contribution in [0.3, 0.4) is 0 Å². The molecule has 2 aromatic carbocycles. The maximum absolute atomic E-state index is 13.2. The van der Waals surface area contributed by atoms with Crippen molar-refractivity contribution in [3.05, 3.63) is 78.9 Å². The van der Waals surface area contributed by atoms with Crippen LogP contribution in [0.15, 0.2) is 77.6 Å². The van der Waals surface area contributed by atoms with Crippen molar-refractivity contribution in [3.8, 4) is 11.1 Å². The number of furan rings is 1. The fraction of sp³-hybridized carbons (Fsp3) is 0.231. The molecule has 0 N–H and O–H groups in total. The first-order valence-corrected chi connectivity index (χ1v) is 10.9. The number of nitrogens with zero attached hydrogens (tertiary/aromatic N) is 3. The zero-order valence-electron chi connectivity index (χ0n) is 18.1. The van der Waals surface area contributed by atoms with E-state index in [1.165, 1.54) is 31.7 Å². The molecule has 3 heterocycles. The molecule has 0 aliphatic carbocycles. The molecular formula is C26H25N3O3. The van der Waals surface area contributed by atoms with Gasteiger partial charge in [0.15, 0.2) is 5.76 Å². The molecule has 1 fully saturated rings. The predicted octanol–water partition coefficient (Wildman–Crippen LogP) is 5.07.